The number of ketones is 1. The molecule has 0 saturated heterocycles. The minimum atomic E-state index is 0.243. The Morgan fingerprint density at radius 2 is 2.00 bits per heavy atom. The molecule has 0 amide bonds. The van der Waals surface area contributed by atoms with E-state index in [4.69, 9.17) is 0 Å². The summed E-state index contributed by atoms with van der Waals surface area (Å²) >= 11 is 1.46. The summed E-state index contributed by atoms with van der Waals surface area (Å²) in [4.78, 5) is 25.9. The first-order chi connectivity index (χ1) is 13.6. The van der Waals surface area contributed by atoms with Crippen LogP contribution in [0.4, 0.5) is 11.8 Å². The zero-order valence-corrected chi connectivity index (χ0v) is 16.7. The molecule has 2 heterocycles. The van der Waals surface area contributed by atoms with Crippen molar-refractivity contribution in [1.29, 1.82) is 0 Å². The van der Waals surface area contributed by atoms with Gasteiger partial charge < -0.3 is 5.32 Å². The summed E-state index contributed by atoms with van der Waals surface area (Å²) in [5.74, 6) is 2.70. The summed E-state index contributed by atoms with van der Waals surface area (Å²) < 4.78 is 0. The average molecular weight is 395 g/mol. The Balaban J connectivity index is 1.44. The number of benzene rings is 1. The second kappa shape index (κ2) is 8.10. The van der Waals surface area contributed by atoms with E-state index in [9.17, 15) is 4.79 Å². The number of hydrogen-bond acceptors (Lipinski definition) is 7. The quantitative estimate of drug-likeness (QED) is 0.591. The van der Waals surface area contributed by atoms with Crippen molar-refractivity contribution in [2.24, 2.45) is 0 Å². The largest absolute Gasteiger partial charge is 0.307 e. The van der Waals surface area contributed by atoms with Crippen molar-refractivity contribution in [3.8, 4) is 0 Å². The van der Waals surface area contributed by atoms with Gasteiger partial charge in [0.25, 0.3) is 0 Å². The van der Waals surface area contributed by atoms with Gasteiger partial charge in [0.05, 0.1) is 0 Å². The van der Waals surface area contributed by atoms with Crippen LogP contribution in [0.2, 0.25) is 0 Å². The molecule has 4 rings (SSSR count). The van der Waals surface area contributed by atoms with Gasteiger partial charge in [0.15, 0.2) is 11.0 Å². The Bertz CT molecular complexity index is 981. The van der Waals surface area contributed by atoms with Crippen molar-refractivity contribution in [3.63, 3.8) is 0 Å². The number of hydrogen-bond donors (Lipinski definition) is 2. The molecule has 0 radical (unpaired) electrons. The summed E-state index contributed by atoms with van der Waals surface area (Å²) in [5, 5.41) is 11.1. The van der Waals surface area contributed by atoms with Crippen LogP contribution in [0, 0.1) is 6.92 Å². The second-order valence-corrected chi connectivity index (χ2v) is 7.95. The van der Waals surface area contributed by atoms with E-state index in [0.29, 0.717) is 41.5 Å². The number of aromatic nitrogens is 5. The van der Waals surface area contributed by atoms with E-state index in [0.717, 1.165) is 16.2 Å². The van der Waals surface area contributed by atoms with E-state index in [1.165, 1.54) is 24.6 Å². The number of H-pyrrole nitrogens is 1. The topological polar surface area (TPSA) is 96.5 Å². The van der Waals surface area contributed by atoms with Crippen molar-refractivity contribution in [1.82, 2.24) is 25.1 Å². The molecule has 0 unspecified atom stereocenters. The van der Waals surface area contributed by atoms with Crippen molar-refractivity contribution in [2.75, 3.05) is 5.32 Å². The maximum Gasteiger partial charge on any atom is 0.232 e. The molecule has 2 aromatic heterocycles. The van der Waals surface area contributed by atoms with E-state index in [1.54, 1.807) is 0 Å². The first-order valence-corrected chi connectivity index (χ1v) is 10.2. The van der Waals surface area contributed by atoms with Crippen LogP contribution < -0.4 is 5.32 Å². The SMILES string of the molecule is CCC(=O)Cc1ccc(Sc2nc(C)nc(Nc3cc(C4CC4)[nH]n3)n2)cc1. The predicted octanol–water partition coefficient (Wildman–Crippen LogP) is 4.20. The number of aryl methyl sites for hydroxylation is 1. The van der Waals surface area contributed by atoms with Crippen LogP contribution in [0.3, 0.4) is 0 Å². The normalized spacial score (nSPS) is 13.5. The van der Waals surface area contributed by atoms with Gasteiger partial charge in [0.1, 0.15) is 11.6 Å². The van der Waals surface area contributed by atoms with Crippen LogP contribution in [0.5, 0.6) is 0 Å². The van der Waals surface area contributed by atoms with Crippen LogP contribution in [0.25, 0.3) is 0 Å². The maximum absolute atomic E-state index is 11.6. The molecular formula is C20H22N6OS. The van der Waals surface area contributed by atoms with Gasteiger partial charge in [-0.1, -0.05) is 19.1 Å². The fraction of sp³-hybridized carbons (Fsp3) is 0.350. The Labute approximate surface area is 167 Å². The molecule has 1 saturated carbocycles. The molecule has 0 aliphatic heterocycles. The molecule has 1 fully saturated rings. The van der Waals surface area contributed by atoms with Gasteiger partial charge in [0, 0.05) is 35.4 Å². The Hall–Kier alpha value is -2.74. The zero-order valence-electron chi connectivity index (χ0n) is 15.9. The van der Waals surface area contributed by atoms with Gasteiger partial charge >= 0.3 is 0 Å². The summed E-state index contributed by atoms with van der Waals surface area (Å²) in [7, 11) is 0. The Morgan fingerprint density at radius 3 is 2.71 bits per heavy atom. The summed E-state index contributed by atoms with van der Waals surface area (Å²) in [6.07, 6.45) is 3.48. The first-order valence-electron chi connectivity index (χ1n) is 9.42. The highest BCUT2D eigenvalue weighted by molar-refractivity contribution is 7.99. The van der Waals surface area contributed by atoms with Gasteiger partial charge in [-0.25, -0.2) is 4.98 Å². The number of carbonyl (C=O) groups is 1. The standard InChI is InChI=1S/C20H22N6OS/c1-3-15(27)10-13-4-8-16(9-5-13)28-20-22-12(2)21-19(24-20)23-18-11-17(25-26-18)14-6-7-14/h4-5,8-9,11,14H,3,6-7,10H2,1-2H3,(H2,21,22,23,24,25,26). The van der Waals surface area contributed by atoms with Crippen LogP contribution in [0.1, 0.15) is 49.2 Å². The van der Waals surface area contributed by atoms with Crippen LogP contribution >= 0.6 is 11.8 Å². The van der Waals surface area contributed by atoms with E-state index in [1.807, 2.05) is 44.2 Å². The molecule has 1 aromatic carbocycles. The molecule has 1 aliphatic rings. The van der Waals surface area contributed by atoms with Crippen LogP contribution in [-0.4, -0.2) is 30.9 Å². The lowest BCUT2D eigenvalue weighted by Gasteiger charge is -2.06. The smallest absolute Gasteiger partial charge is 0.232 e. The molecule has 1 aliphatic carbocycles. The third kappa shape index (κ3) is 4.75. The maximum atomic E-state index is 11.6. The first kappa shape index (κ1) is 18.6. The molecule has 144 valence electrons. The van der Waals surface area contributed by atoms with Gasteiger partial charge in [-0.2, -0.15) is 15.1 Å². The summed E-state index contributed by atoms with van der Waals surface area (Å²) in [6.45, 7) is 3.73. The van der Waals surface area contributed by atoms with Crippen LogP contribution in [0.15, 0.2) is 40.4 Å². The van der Waals surface area contributed by atoms with Gasteiger partial charge in [-0.05, 0) is 49.2 Å². The van der Waals surface area contributed by atoms with Crippen molar-refractivity contribution >= 4 is 29.3 Å². The van der Waals surface area contributed by atoms with E-state index < -0.39 is 0 Å². The number of aromatic amines is 1. The molecular weight excluding hydrogens is 372 g/mol. The summed E-state index contributed by atoms with van der Waals surface area (Å²) in [5.41, 5.74) is 2.18. The Kier molecular flexibility index (Phi) is 5.38. The molecule has 8 heteroatoms. The van der Waals surface area contributed by atoms with Crippen molar-refractivity contribution in [3.05, 3.63) is 47.4 Å². The highest BCUT2D eigenvalue weighted by atomic mass is 32.2. The van der Waals surface area contributed by atoms with E-state index in [2.05, 4.69) is 30.5 Å². The average Bonchev–Trinajstić information content (AvgIpc) is 3.42. The zero-order chi connectivity index (χ0) is 19.5. The third-order valence-electron chi connectivity index (χ3n) is 4.51. The number of carbonyl (C=O) groups excluding carboxylic acids is 1. The minimum absolute atomic E-state index is 0.243. The summed E-state index contributed by atoms with van der Waals surface area (Å²) in [6, 6.07) is 9.95. The lowest BCUT2D eigenvalue weighted by molar-refractivity contribution is -0.118. The monoisotopic (exact) mass is 394 g/mol. The Morgan fingerprint density at radius 1 is 1.21 bits per heavy atom. The van der Waals surface area contributed by atoms with Gasteiger partial charge in [0.2, 0.25) is 5.95 Å². The molecule has 0 bridgehead atoms. The molecule has 0 spiro atoms. The van der Waals surface area contributed by atoms with E-state index >= 15 is 0 Å². The molecule has 0 atom stereocenters. The van der Waals surface area contributed by atoms with Crippen molar-refractivity contribution < 1.29 is 4.79 Å². The number of rotatable bonds is 8. The van der Waals surface area contributed by atoms with E-state index in [-0.39, 0.29) is 5.78 Å². The third-order valence-corrected chi connectivity index (χ3v) is 5.38. The lowest BCUT2D eigenvalue weighted by atomic mass is 10.1. The lowest BCUT2D eigenvalue weighted by Crippen LogP contribution is -2.02. The van der Waals surface area contributed by atoms with Gasteiger partial charge in [-0.3, -0.25) is 9.89 Å². The predicted molar refractivity (Wildman–Crippen MR) is 108 cm³/mol. The highest BCUT2D eigenvalue weighted by Crippen LogP contribution is 2.39. The second-order valence-electron chi connectivity index (χ2n) is 6.91. The molecule has 7 nitrogen and oxygen atoms in total. The van der Waals surface area contributed by atoms with Crippen molar-refractivity contribution in [2.45, 2.75) is 55.5 Å². The minimum Gasteiger partial charge on any atom is -0.307 e. The molecule has 2 N–H and O–H groups in total. The number of anilines is 2. The number of nitrogens with zero attached hydrogens (tertiary/aromatic N) is 4. The van der Waals surface area contributed by atoms with Gasteiger partial charge in [-0.15, -0.1) is 0 Å². The number of nitrogens with one attached hydrogen (secondary N) is 2. The number of Topliss-reactive ketones (excluding diaryl/α,β-unsaturated/α-hetero) is 1. The molecule has 28 heavy (non-hydrogen) atoms. The molecule has 3 aromatic rings. The fourth-order valence-electron chi connectivity index (χ4n) is 2.81. The fourth-order valence-corrected chi connectivity index (χ4v) is 3.60. The van der Waals surface area contributed by atoms with Crippen LogP contribution in [-0.2, 0) is 11.2 Å². The highest BCUT2D eigenvalue weighted by Gasteiger charge is 2.25.